The average Bonchev–Trinajstić information content (AvgIpc) is 2.92. The third-order valence-electron chi connectivity index (χ3n) is 6.90. The molecule has 0 saturated heterocycles. The maximum atomic E-state index is 14.2. The molecule has 306 valence electrons. The molecule has 1 unspecified atom stereocenters. The van der Waals surface area contributed by atoms with Crippen LogP contribution in [0.25, 0.3) is 0 Å². The molecule has 3 nitrogen and oxygen atoms in total. The number of carbonyl (C=O) groups is 1. The summed E-state index contributed by atoms with van der Waals surface area (Å²) in [6.07, 6.45) is -30.0. The van der Waals surface area contributed by atoms with Gasteiger partial charge in [0.05, 0.1) is 12.5 Å². The lowest BCUT2D eigenvalue weighted by atomic mass is 9.84. The van der Waals surface area contributed by atoms with Crippen LogP contribution in [-0.2, 0) is 14.3 Å². The predicted molar refractivity (Wildman–Crippen MR) is 115 cm³/mol. The molecule has 0 rings (SSSR count). The Morgan fingerprint density at radius 2 is 0.804 bits per heavy atom. The van der Waals surface area contributed by atoms with E-state index in [1.54, 1.807) is 0 Å². The van der Waals surface area contributed by atoms with Crippen LogP contribution in [0.1, 0.15) is 47.0 Å². The van der Waals surface area contributed by atoms with Crippen molar-refractivity contribution in [3.63, 3.8) is 0 Å². The fourth-order valence-corrected chi connectivity index (χ4v) is 3.15. The van der Waals surface area contributed by atoms with Crippen LogP contribution in [0.3, 0.4) is 0 Å². The lowest BCUT2D eigenvalue weighted by Crippen LogP contribution is -2.73. The number of hydrogen-bond acceptors (Lipinski definition) is 3. The molecule has 0 fully saturated rings. The Hall–Kier alpha value is -2.32. The molecule has 0 radical (unpaired) electrons. The Morgan fingerprint density at radius 3 is 1.12 bits per heavy atom. The zero-order valence-corrected chi connectivity index (χ0v) is 25.1. The first kappa shape index (κ1) is 48.7. The van der Waals surface area contributed by atoms with E-state index < -0.39 is 108 Å². The lowest BCUT2D eigenvalue weighted by molar-refractivity contribution is -0.527. The molecule has 0 aliphatic heterocycles. The molecule has 0 heterocycles. The molecule has 0 aliphatic rings. The number of ether oxygens (including phenoxy) is 2. The van der Waals surface area contributed by atoms with Crippen LogP contribution in [0.5, 0.6) is 0 Å². The van der Waals surface area contributed by atoms with E-state index in [0.717, 1.165) is 18.6 Å². The molecule has 28 heteroatoms. The van der Waals surface area contributed by atoms with Crippen molar-refractivity contribution in [1.29, 1.82) is 0 Å². The van der Waals surface area contributed by atoms with Gasteiger partial charge in [0.2, 0.25) is 0 Å². The number of hydrogen-bond donors (Lipinski definition) is 0. The topological polar surface area (TPSA) is 35.5 Å². The van der Waals surface area contributed by atoms with Crippen molar-refractivity contribution in [2.45, 2.75) is 119 Å². The number of esters is 1. The van der Waals surface area contributed by atoms with Crippen molar-refractivity contribution in [2.75, 3.05) is 6.61 Å². The van der Waals surface area contributed by atoms with Gasteiger partial charge < -0.3 is 4.74 Å². The van der Waals surface area contributed by atoms with Gasteiger partial charge in [0.15, 0.2) is 0 Å². The van der Waals surface area contributed by atoms with Gasteiger partial charge in [-0.15, -0.1) is 0 Å². The second kappa shape index (κ2) is 13.5. The summed E-state index contributed by atoms with van der Waals surface area (Å²) < 4.78 is 343. The maximum absolute atomic E-state index is 14.2. The fraction of sp³-hybridized carbons (Fsp3) is 0.957. The van der Waals surface area contributed by atoms with E-state index in [9.17, 15) is 115 Å². The van der Waals surface area contributed by atoms with E-state index in [2.05, 4.69) is 4.74 Å². The van der Waals surface area contributed by atoms with Gasteiger partial charge in [-0.25, -0.2) is 4.74 Å². The quantitative estimate of drug-likeness (QED) is 0.102. The van der Waals surface area contributed by atoms with Crippen LogP contribution in [0, 0.1) is 11.3 Å². The zero-order valence-electron chi connectivity index (χ0n) is 25.1. The van der Waals surface area contributed by atoms with Crippen LogP contribution in [0.2, 0.25) is 0 Å². The monoisotopic (exact) mass is 820 g/mol. The summed E-state index contributed by atoms with van der Waals surface area (Å²) in [6, 6.07) is 0. The highest BCUT2D eigenvalue weighted by Gasteiger charge is 2.94. The van der Waals surface area contributed by atoms with Crippen molar-refractivity contribution in [3.8, 4) is 0 Å². The third-order valence-corrected chi connectivity index (χ3v) is 6.90. The smallest absolute Gasteiger partial charge is 0.460 e. The number of alkyl halides is 25. The molecule has 0 saturated carbocycles. The summed E-state index contributed by atoms with van der Waals surface area (Å²) in [5.41, 5.74) is -1.98. The van der Waals surface area contributed by atoms with Crippen LogP contribution >= 0.6 is 0 Å². The highest BCUT2D eigenvalue weighted by Crippen LogP contribution is 2.64. The first-order chi connectivity index (χ1) is 21.8. The Kier molecular flexibility index (Phi) is 12.9. The second-order valence-corrected chi connectivity index (χ2v) is 11.5. The van der Waals surface area contributed by atoms with Crippen LogP contribution in [0.4, 0.5) is 110 Å². The van der Waals surface area contributed by atoms with E-state index in [-0.39, 0.29) is 6.42 Å². The van der Waals surface area contributed by atoms with Gasteiger partial charge >= 0.3 is 77.7 Å². The normalized spacial score (nSPS) is 16.7. The van der Waals surface area contributed by atoms with E-state index in [1.165, 1.54) is 13.8 Å². The molecule has 0 spiro atoms. The highest BCUT2D eigenvalue weighted by molar-refractivity contribution is 5.71. The molecule has 0 aromatic carbocycles. The van der Waals surface area contributed by atoms with Crippen LogP contribution in [0.15, 0.2) is 0 Å². The van der Waals surface area contributed by atoms with Crippen molar-refractivity contribution < 1.29 is 124 Å². The summed E-state index contributed by atoms with van der Waals surface area (Å²) in [6.45, 7) is 3.27. The van der Waals surface area contributed by atoms with Gasteiger partial charge in [0.1, 0.15) is 0 Å². The fourth-order valence-electron chi connectivity index (χ4n) is 3.15. The number of rotatable bonds is 18. The molecular weight excluding hydrogens is 799 g/mol. The maximum Gasteiger partial charge on any atom is 0.460 e. The van der Waals surface area contributed by atoms with E-state index in [1.807, 2.05) is 0 Å². The van der Waals surface area contributed by atoms with Crippen molar-refractivity contribution in [1.82, 2.24) is 0 Å². The minimum Gasteiger partial charge on any atom is -0.465 e. The molecule has 0 aromatic rings. The third kappa shape index (κ3) is 7.84. The summed E-state index contributed by atoms with van der Waals surface area (Å²) in [4.78, 5) is 11.7. The van der Waals surface area contributed by atoms with E-state index >= 15 is 0 Å². The summed E-state index contributed by atoms with van der Waals surface area (Å²) in [5, 5.41) is 0. The second-order valence-electron chi connectivity index (χ2n) is 11.5. The summed E-state index contributed by atoms with van der Waals surface area (Å²) >= 11 is 0. The van der Waals surface area contributed by atoms with Gasteiger partial charge in [0.25, 0.3) is 0 Å². The molecule has 0 aromatic heterocycles. The van der Waals surface area contributed by atoms with Gasteiger partial charge in [-0.2, -0.15) is 110 Å². The van der Waals surface area contributed by atoms with Gasteiger partial charge in [-0.3, -0.25) is 4.79 Å². The van der Waals surface area contributed by atoms with E-state index in [0.29, 0.717) is 0 Å². The first-order valence-corrected chi connectivity index (χ1v) is 12.9. The number of halogens is 25. The Labute approximate surface area is 267 Å². The highest BCUT2D eigenvalue weighted by atomic mass is 19.4. The van der Waals surface area contributed by atoms with Crippen LogP contribution in [-0.4, -0.2) is 84.3 Å². The van der Waals surface area contributed by atoms with Crippen molar-refractivity contribution >= 4 is 5.97 Å². The van der Waals surface area contributed by atoms with Crippen molar-refractivity contribution in [3.05, 3.63) is 0 Å². The molecular formula is C23H21F25O3. The summed E-state index contributed by atoms with van der Waals surface area (Å²) in [5.74, 6) is -78.9. The molecule has 51 heavy (non-hydrogen) atoms. The molecule has 0 N–H and O–H groups in total. The van der Waals surface area contributed by atoms with Gasteiger partial charge in [-0.1, -0.05) is 27.7 Å². The molecule has 1 atom stereocenters. The van der Waals surface area contributed by atoms with E-state index in [4.69, 9.17) is 0 Å². The molecule has 0 bridgehead atoms. The van der Waals surface area contributed by atoms with Crippen molar-refractivity contribution in [2.24, 2.45) is 11.3 Å². The predicted octanol–water partition coefficient (Wildman–Crippen LogP) is 10.9. The Bertz CT molecular complexity index is 1220. The number of carbonyl (C=O) groups excluding carboxylic acids is 1. The zero-order chi connectivity index (χ0) is 41.9. The minimum absolute atomic E-state index is 0.116. The van der Waals surface area contributed by atoms with Crippen LogP contribution < -0.4 is 0 Å². The first-order valence-electron chi connectivity index (χ1n) is 12.9. The largest absolute Gasteiger partial charge is 0.465 e. The lowest BCUT2D eigenvalue weighted by Gasteiger charge is -2.43. The standard InChI is InChI=1S/C23H21F25O3/c1-5-9(2)10(49)50-8-11(3,4)6-7-12(24,25)13(26,27)14(28,29)16(32,33)19(38,39)22(45,46)51-23(47,48)20(40,41)17(34,35)15(30,31)18(36,37)21(42,43)44/h9H,5-8H2,1-4H3. The summed E-state index contributed by atoms with van der Waals surface area (Å²) in [7, 11) is 0. The van der Waals surface area contributed by atoms with Gasteiger partial charge in [0, 0.05) is 6.42 Å². The SMILES string of the molecule is CCC(C)C(=O)OCC(C)(C)CCC(F)(F)C(F)(F)C(F)(F)C(F)(F)C(F)(F)C(F)(F)OC(F)(F)C(F)(F)C(F)(F)C(F)(F)C(F)(F)C(F)(F)F. The Balaban J connectivity index is 6.71. The minimum atomic E-state index is -9.09. The molecule has 0 aliphatic carbocycles. The molecule has 0 amide bonds. The average molecular weight is 820 g/mol. The Morgan fingerprint density at radius 1 is 0.490 bits per heavy atom. The van der Waals surface area contributed by atoms with Gasteiger partial charge in [-0.05, 0) is 18.3 Å².